The van der Waals surface area contributed by atoms with Crippen molar-refractivity contribution in [3.05, 3.63) is 59.2 Å². The Balaban J connectivity index is 2.32. The highest BCUT2D eigenvalue weighted by molar-refractivity contribution is 8.13. The smallest absolute Gasteiger partial charge is 0.331 e. The molecule has 0 radical (unpaired) electrons. The molecule has 0 saturated heterocycles. The van der Waals surface area contributed by atoms with Crippen molar-refractivity contribution in [1.82, 2.24) is 0 Å². The molecule has 25 heavy (non-hydrogen) atoms. The molecule has 0 aliphatic heterocycles. The van der Waals surface area contributed by atoms with Gasteiger partial charge in [0.1, 0.15) is 5.75 Å². The Morgan fingerprint density at radius 2 is 1.68 bits per heavy atom. The van der Waals surface area contributed by atoms with Gasteiger partial charge in [-0.3, -0.25) is 0 Å². The first-order valence-corrected chi connectivity index (χ1v) is 9.02. The fourth-order valence-corrected chi connectivity index (χ4v) is 2.63. The van der Waals surface area contributed by atoms with Crippen LogP contribution in [0.2, 0.25) is 0 Å². The van der Waals surface area contributed by atoms with Gasteiger partial charge >= 0.3 is 5.97 Å². The summed E-state index contributed by atoms with van der Waals surface area (Å²) in [5, 5.41) is 8.78. The Kier molecular flexibility index (Phi) is 5.44. The summed E-state index contributed by atoms with van der Waals surface area (Å²) >= 11 is 0. The van der Waals surface area contributed by atoms with Crippen LogP contribution >= 0.6 is 10.7 Å². The number of benzene rings is 2. The first kappa shape index (κ1) is 18.9. The van der Waals surface area contributed by atoms with Gasteiger partial charge in [0, 0.05) is 16.3 Å². The average molecular weight is 389 g/mol. The van der Waals surface area contributed by atoms with Crippen molar-refractivity contribution in [2.75, 3.05) is 0 Å². The molecule has 0 aromatic heterocycles. The number of carboxylic acids is 1. The van der Waals surface area contributed by atoms with Crippen molar-refractivity contribution in [2.45, 2.75) is 11.8 Å². The number of carboxylic acid groups (broad SMARTS) is 1. The van der Waals surface area contributed by atoms with Gasteiger partial charge in [-0.25, -0.2) is 22.0 Å². The van der Waals surface area contributed by atoms with E-state index in [1.165, 1.54) is 19.1 Å². The fraction of sp³-hybridized carbons (Fsp3) is 0.0625. The maximum absolute atomic E-state index is 14.1. The van der Waals surface area contributed by atoms with Crippen LogP contribution in [0.5, 0.6) is 11.5 Å². The molecule has 5 nitrogen and oxygen atoms in total. The molecule has 9 heteroatoms. The van der Waals surface area contributed by atoms with Crippen molar-refractivity contribution in [2.24, 2.45) is 0 Å². The molecule has 2 rings (SSSR count). The van der Waals surface area contributed by atoms with E-state index in [2.05, 4.69) is 0 Å². The van der Waals surface area contributed by atoms with Crippen molar-refractivity contribution >= 4 is 31.8 Å². The monoisotopic (exact) mass is 388 g/mol. The Morgan fingerprint density at radius 1 is 1.16 bits per heavy atom. The summed E-state index contributed by atoms with van der Waals surface area (Å²) in [6.45, 7) is 1.29. The van der Waals surface area contributed by atoms with Gasteiger partial charge in [-0.15, -0.1) is 0 Å². The zero-order valence-corrected chi connectivity index (χ0v) is 14.2. The van der Waals surface area contributed by atoms with Crippen LogP contribution < -0.4 is 4.74 Å². The number of ether oxygens (including phenoxy) is 1. The molecule has 132 valence electrons. The topological polar surface area (TPSA) is 80.7 Å². The normalized spacial score (nSPS) is 12.1. The van der Waals surface area contributed by atoms with E-state index in [1.807, 2.05) is 0 Å². The third kappa shape index (κ3) is 4.77. The second-order valence-electron chi connectivity index (χ2n) is 4.96. The minimum absolute atomic E-state index is 0.00752. The first-order valence-electron chi connectivity index (χ1n) is 6.71. The van der Waals surface area contributed by atoms with E-state index in [4.69, 9.17) is 20.5 Å². The average Bonchev–Trinajstić information content (AvgIpc) is 2.50. The molecular weight excluding hydrogens is 378 g/mol. The number of hydrogen-bond acceptors (Lipinski definition) is 4. The van der Waals surface area contributed by atoms with E-state index in [0.29, 0.717) is 0 Å². The Hall–Kier alpha value is -2.45. The van der Waals surface area contributed by atoms with Gasteiger partial charge in [-0.2, -0.15) is 0 Å². The lowest BCUT2D eigenvalue weighted by Gasteiger charge is -2.09. The van der Waals surface area contributed by atoms with Crippen LogP contribution in [0.25, 0.3) is 6.08 Å². The molecule has 2 aromatic carbocycles. The van der Waals surface area contributed by atoms with E-state index in [0.717, 1.165) is 30.3 Å². The lowest BCUT2D eigenvalue weighted by molar-refractivity contribution is -0.132. The van der Waals surface area contributed by atoms with Gasteiger partial charge in [0.2, 0.25) is 0 Å². The molecule has 1 N–H and O–H groups in total. The Morgan fingerprint density at radius 3 is 2.12 bits per heavy atom. The lowest BCUT2D eigenvalue weighted by Crippen LogP contribution is -1.97. The fourth-order valence-electron chi connectivity index (χ4n) is 1.86. The van der Waals surface area contributed by atoms with Gasteiger partial charge in [0.25, 0.3) is 9.05 Å². The second-order valence-corrected chi connectivity index (χ2v) is 7.52. The van der Waals surface area contributed by atoms with E-state index >= 15 is 0 Å². The maximum Gasteiger partial charge on any atom is 0.331 e. The molecule has 0 aliphatic carbocycles. The second kappa shape index (κ2) is 7.20. The molecule has 0 heterocycles. The van der Waals surface area contributed by atoms with Gasteiger partial charge in [0.15, 0.2) is 17.4 Å². The molecule has 0 atom stereocenters. The summed E-state index contributed by atoms with van der Waals surface area (Å²) in [6, 6.07) is 6.47. The van der Waals surface area contributed by atoms with E-state index in [9.17, 15) is 22.0 Å². The predicted octanol–water partition coefficient (Wildman–Crippen LogP) is 4.17. The summed E-state index contributed by atoms with van der Waals surface area (Å²) < 4.78 is 55.5. The van der Waals surface area contributed by atoms with E-state index in [-0.39, 0.29) is 21.8 Å². The molecular formula is C16H11ClF2O5S. The number of hydrogen-bond donors (Lipinski definition) is 1. The Labute approximate surface area is 146 Å². The van der Waals surface area contributed by atoms with Gasteiger partial charge in [0.05, 0.1) is 4.90 Å². The molecule has 0 amide bonds. The van der Waals surface area contributed by atoms with E-state index < -0.39 is 32.4 Å². The highest BCUT2D eigenvalue weighted by Gasteiger charge is 2.15. The minimum Gasteiger partial charge on any atom is -0.478 e. The zero-order chi connectivity index (χ0) is 18.8. The van der Waals surface area contributed by atoms with Crippen LogP contribution in [-0.2, 0) is 13.8 Å². The molecule has 0 spiro atoms. The van der Waals surface area contributed by atoms with Crippen LogP contribution in [0.15, 0.2) is 46.9 Å². The highest BCUT2D eigenvalue weighted by atomic mass is 35.7. The van der Waals surface area contributed by atoms with Crippen molar-refractivity contribution in [1.29, 1.82) is 0 Å². The molecule has 0 saturated carbocycles. The molecule has 0 bridgehead atoms. The van der Waals surface area contributed by atoms with Crippen molar-refractivity contribution in [3.8, 4) is 11.5 Å². The number of rotatable bonds is 5. The number of halogens is 3. The third-order valence-electron chi connectivity index (χ3n) is 3.07. The van der Waals surface area contributed by atoms with Gasteiger partial charge in [-0.1, -0.05) is 0 Å². The standard InChI is InChI=1S/C16H11ClF2O5S/c1-9(16(20)21)6-10-7-13(18)15(14(19)8-10)24-11-2-4-12(5-3-11)25(17,22)23/h2-8H,1H3,(H,20,21). The summed E-state index contributed by atoms with van der Waals surface area (Å²) in [4.78, 5) is 10.6. The van der Waals surface area contributed by atoms with Crippen LogP contribution in [0.3, 0.4) is 0 Å². The maximum atomic E-state index is 14.1. The van der Waals surface area contributed by atoms with Crippen LogP contribution in [0, 0.1) is 11.6 Å². The summed E-state index contributed by atoms with van der Waals surface area (Å²) in [5.74, 6) is -4.01. The third-order valence-corrected chi connectivity index (χ3v) is 4.44. The predicted molar refractivity (Wildman–Crippen MR) is 87.2 cm³/mol. The molecule has 2 aromatic rings. The van der Waals surface area contributed by atoms with Crippen LogP contribution in [-0.4, -0.2) is 19.5 Å². The van der Waals surface area contributed by atoms with Crippen molar-refractivity contribution < 1.29 is 31.8 Å². The quantitative estimate of drug-likeness (QED) is 0.614. The molecule has 0 fully saturated rings. The number of carbonyl (C=O) groups is 1. The van der Waals surface area contributed by atoms with Gasteiger partial charge in [-0.05, 0) is 55.0 Å². The van der Waals surface area contributed by atoms with Crippen LogP contribution in [0.4, 0.5) is 8.78 Å². The van der Waals surface area contributed by atoms with Gasteiger partial charge < -0.3 is 9.84 Å². The van der Waals surface area contributed by atoms with E-state index in [1.54, 1.807) is 0 Å². The first-order chi connectivity index (χ1) is 11.6. The lowest BCUT2D eigenvalue weighted by atomic mass is 10.1. The molecule has 0 aliphatic rings. The Bertz CT molecular complexity index is 930. The zero-order valence-electron chi connectivity index (χ0n) is 12.7. The van der Waals surface area contributed by atoms with Crippen LogP contribution in [0.1, 0.15) is 12.5 Å². The minimum atomic E-state index is -3.92. The largest absolute Gasteiger partial charge is 0.478 e. The molecule has 0 unspecified atom stereocenters. The number of aliphatic carboxylic acids is 1. The summed E-state index contributed by atoms with van der Waals surface area (Å²) in [6.07, 6.45) is 1.11. The van der Waals surface area contributed by atoms with Crippen molar-refractivity contribution in [3.63, 3.8) is 0 Å². The SMILES string of the molecule is CC(=Cc1cc(F)c(Oc2ccc(S(=O)(=O)Cl)cc2)c(F)c1)C(=O)O. The summed E-state index contributed by atoms with van der Waals surface area (Å²) in [5.41, 5.74) is -0.0730. The summed E-state index contributed by atoms with van der Waals surface area (Å²) in [7, 11) is 1.25. The highest BCUT2D eigenvalue weighted by Crippen LogP contribution is 2.30.